The van der Waals surface area contributed by atoms with Gasteiger partial charge in [-0.15, -0.1) is 0 Å². The third-order valence-corrected chi connectivity index (χ3v) is 4.10. The molecule has 0 spiro atoms. The molecule has 0 heterocycles. The van der Waals surface area contributed by atoms with Crippen molar-refractivity contribution in [3.8, 4) is 0 Å². The van der Waals surface area contributed by atoms with Gasteiger partial charge >= 0.3 is 5.97 Å². The van der Waals surface area contributed by atoms with Crippen LogP contribution in [0.25, 0.3) is 0 Å². The molecule has 1 aromatic carbocycles. The van der Waals surface area contributed by atoms with Gasteiger partial charge < -0.3 is 4.74 Å². The first kappa shape index (κ1) is 11.9. The summed E-state index contributed by atoms with van der Waals surface area (Å²) in [5.41, 5.74) is 0.575. The van der Waals surface area contributed by atoms with E-state index < -0.39 is 5.41 Å². The van der Waals surface area contributed by atoms with Gasteiger partial charge in [0.05, 0.1) is 17.0 Å². The molecule has 0 N–H and O–H groups in total. The second-order valence-electron chi connectivity index (χ2n) is 3.93. The van der Waals surface area contributed by atoms with Crippen LogP contribution in [0.15, 0.2) is 22.7 Å². The highest BCUT2D eigenvalue weighted by atomic mass is 79.9. The summed E-state index contributed by atoms with van der Waals surface area (Å²) in [7, 11) is 0. The van der Waals surface area contributed by atoms with E-state index in [2.05, 4.69) is 15.9 Å². The van der Waals surface area contributed by atoms with E-state index in [-0.39, 0.29) is 5.97 Å². The summed E-state index contributed by atoms with van der Waals surface area (Å²) in [5, 5.41) is 0.656. The summed E-state index contributed by atoms with van der Waals surface area (Å²) in [4.78, 5) is 11.9. The van der Waals surface area contributed by atoms with Crippen LogP contribution in [-0.4, -0.2) is 12.6 Å². The molecule has 0 radical (unpaired) electrons. The van der Waals surface area contributed by atoms with E-state index in [1.165, 1.54) is 0 Å². The Labute approximate surface area is 108 Å². The van der Waals surface area contributed by atoms with Crippen LogP contribution in [0.2, 0.25) is 5.02 Å². The van der Waals surface area contributed by atoms with Crippen molar-refractivity contribution in [2.24, 2.45) is 0 Å². The van der Waals surface area contributed by atoms with E-state index in [9.17, 15) is 4.79 Å². The fourth-order valence-electron chi connectivity index (χ4n) is 1.80. The minimum absolute atomic E-state index is 0.121. The van der Waals surface area contributed by atoms with Crippen LogP contribution >= 0.6 is 27.5 Å². The molecule has 2 rings (SSSR count). The van der Waals surface area contributed by atoms with Gasteiger partial charge in [-0.1, -0.05) is 17.7 Å². The normalized spacial score (nSPS) is 16.9. The minimum Gasteiger partial charge on any atom is -0.465 e. The van der Waals surface area contributed by atoms with Gasteiger partial charge in [0.2, 0.25) is 0 Å². The molecular formula is C12H12BrClO2. The molecule has 4 heteroatoms. The Morgan fingerprint density at radius 2 is 2.25 bits per heavy atom. The smallest absolute Gasteiger partial charge is 0.316 e. The highest BCUT2D eigenvalue weighted by molar-refractivity contribution is 9.10. The number of halogens is 2. The number of carbonyl (C=O) groups excluding carboxylic acids is 1. The molecule has 0 saturated heterocycles. The molecule has 86 valence electrons. The van der Waals surface area contributed by atoms with Gasteiger partial charge in [0.1, 0.15) is 0 Å². The lowest BCUT2D eigenvalue weighted by Gasteiger charge is -2.14. The van der Waals surface area contributed by atoms with E-state index in [1.807, 2.05) is 19.1 Å². The summed E-state index contributed by atoms with van der Waals surface area (Å²) in [6, 6.07) is 5.61. The van der Waals surface area contributed by atoms with E-state index in [1.54, 1.807) is 6.07 Å². The first-order valence-corrected chi connectivity index (χ1v) is 6.40. The molecule has 1 aliphatic rings. The standard InChI is InChI=1S/C12H12BrClO2/c1-2-16-11(15)12(5-6-12)8-3-4-10(14)9(13)7-8/h3-4,7H,2,5-6H2,1H3. The van der Waals surface area contributed by atoms with Gasteiger partial charge in [-0.05, 0) is 53.4 Å². The van der Waals surface area contributed by atoms with Crippen molar-refractivity contribution in [1.29, 1.82) is 0 Å². The first-order chi connectivity index (χ1) is 7.60. The van der Waals surface area contributed by atoms with E-state index >= 15 is 0 Å². The number of hydrogen-bond acceptors (Lipinski definition) is 2. The van der Waals surface area contributed by atoms with Gasteiger partial charge in [-0.2, -0.15) is 0 Å². The zero-order valence-electron chi connectivity index (χ0n) is 8.93. The molecule has 0 aliphatic heterocycles. The third kappa shape index (κ3) is 1.98. The van der Waals surface area contributed by atoms with Crippen molar-refractivity contribution in [2.75, 3.05) is 6.61 Å². The van der Waals surface area contributed by atoms with Gasteiger partial charge in [0.25, 0.3) is 0 Å². The van der Waals surface area contributed by atoms with Crippen LogP contribution in [0.5, 0.6) is 0 Å². The fraction of sp³-hybridized carbons (Fsp3) is 0.417. The van der Waals surface area contributed by atoms with Crippen molar-refractivity contribution < 1.29 is 9.53 Å². The maximum atomic E-state index is 11.9. The Bertz CT molecular complexity index is 427. The maximum Gasteiger partial charge on any atom is 0.316 e. The predicted molar refractivity (Wildman–Crippen MR) is 66.7 cm³/mol. The number of carbonyl (C=O) groups is 1. The zero-order chi connectivity index (χ0) is 11.8. The summed E-state index contributed by atoms with van der Waals surface area (Å²) in [5.74, 6) is -0.121. The number of ether oxygens (including phenoxy) is 1. The Hall–Kier alpha value is -0.540. The molecular weight excluding hydrogens is 291 g/mol. The highest BCUT2D eigenvalue weighted by Crippen LogP contribution is 2.50. The monoisotopic (exact) mass is 302 g/mol. The maximum absolute atomic E-state index is 11.9. The second kappa shape index (κ2) is 4.38. The van der Waals surface area contributed by atoms with Crippen molar-refractivity contribution in [3.05, 3.63) is 33.3 Å². The van der Waals surface area contributed by atoms with E-state index in [0.29, 0.717) is 11.6 Å². The molecule has 0 aromatic heterocycles. The van der Waals surface area contributed by atoms with Crippen molar-refractivity contribution >= 4 is 33.5 Å². The van der Waals surface area contributed by atoms with Crippen LogP contribution < -0.4 is 0 Å². The van der Waals surface area contributed by atoms with Crippen molar-refractivity contribution in [1.82, 2.24) is 0 Å². The first-order valence-electron chi connectivity index (χ1n) is 5.23. The lowest BCUT2D eigenvalue weighted by atomic mass is 9.96. The average Bonchev–Trinajstić information content (AvgIpc) is 3.03. The molecule has 0 bridgehead atoms. The summed E-state index contributed by atoms with van der Waals surface area (Å²) >= 11 is 9.30. The van der Waals surface area contributed by atoms with Crippen LogP contribution in [0, 0.1) is 0 Å². The molecule has 2 nitrogen and oxygen atoms in total. The van der Waals surface area contributed by atoms with Gasteiger partial charge in [-0.3, -0.25) is 4.79 Å². The molecule has 1 aromatic rings. The van der Waals surface area contributed by atoms with Gasteiger partial charge in [0, 0.05) is 4.47 Å². The molecule has 1 aliphatic carbocycles. The Balaban J connectivity index is 2.30. The summed E-state index contributed by atoms with van der Waals surface area (Å²) < 4.78 is 5.93. The summed E-state index contributed by atoms with van der Waals surface area (Å²) in [6.07, 6.45) is 1.72. The summed E-state index contributed by atoms with van der Waals surface area (Å²) in [6.45, 7) is 2.25. The third-order valence-electron chi connectivity index (χ3n) is 2.89. The Morgan fingerprint density at radius 3 is 2.75 bits per heavy atom. The van der Waals surface area contributed by atoms with Crippen LogP contribution in [0.4, 0.5) is 0 Å². The predicted octanol–water partition coefficient (Wildman–Crippen LogP) is 3.70. The number of esters is 1. The Kier molecular flexibility index (Phi) is 3.27. The van der Waals surface area contributed by atoms with Gasteiger partial charge in [-0.25, -0.2) is 0 Å². The van der Waals surface area contributed by atoms with E-state index in [0.717, 1.165) is 22.9 Å². The van der Waals surface area contributed by atoms with E-state index in [4.69, 9.17) is 16.3 Å². The molecule has 1 saturated carbocycles. The topological polar surface area (TPSA) is 26.3 Å². The van der Waals surface area contributed by atoms with Crippen LogP contribution in [-0.2, 0) is 14.9 Å². The molecule has 0 atom stereocenters. The van der Waals surface area contributed by atoms with Crippen LogP contribution in [0.1, 0.15) is 25.3 Å². The second-order valence-corrected chi connectivity index (χ2v) is 5.19. The highest BCUT2D eigenvalue weighted by Gasteiger charge is 2.52. The Morgan fingerprint density at radius 1 is 1.56 bits per heavy atom. The molecule has 1 fully saturated rings. The SMILES string of the molecule is CCOC(=O)C1(c2ccc(Cl)c(Br)c2)CC1. The zero-order valence-corrected chi connectivity index (χ0v) is 11.3. The van der Waals surface area contributed by atoms with Crippen molar-refractivity contribution in [2.45, 2.75) is 25.2 Å². The number of hydrogen-bond donors (Lipinski definition) is 0. The largest absolute Gasteiger partial charge is 0.465 e. The molecule has 0 unspecified atom stereocenters. The number of benzene rings is 1. The van der Waals surface area contributed by atoms with Gasteiger partial charge in [0.15, 0.2) is 0 Å². The van der Waals surface area contributed by atoms with Crippen LogP contribution in [0.3, 0.4) is 0 Å². The van der Waals surface area contributed by atoms with Crippen molar-refractivity contribution in [3.63, 3.8) is 0 Å². The minimum atomic E-state index is -0.414. The number of rotatable bonds is 3. The fourth-order valence-corrected chi connectivity index (χ4v) is 2.30. The lowest BCUT2D eigenvalue weighted by Crippen LogP contribution is -2.23. The average molecular weight is 304 g/mol. The molecule has 16 heavy (non-hydrogen) atoms. The molecule has 0 amide bonds. The quantitative estimate of drug-likeness (QED) is 0.796. The lowest BCUT2D eigenvalue weighted by molar-refractivity contribution is -0.146.